The Morgan fingerprint density at radius 1 is 1.50 bits per heavy atom. The van der Waals surface area contributed by atoms with E-state index in [2.05, 4.69) is 27.1 Å². The third kappa shape index (κ3) is 2.78. The van der Waals surface area contributed by atoms with Gasteiger partial charge in [0.1, 0.15) is 16.6 Å². The SMILES string of the molecule is CC(Nc1snc(Cl)c1C#N)c1ccc2c(c1)CCC(=O)N2. The lowest BCUT2D eigenvalue weighted by atomic mass is 9.98. The smallest absolute Gasteiger partial charge is 0.224 e. The quantitative estimate of drug-likeness (QED) is 0.897. The Balaban J connectivity index is 1.82. The number of fused-ring (bicyclic) bond motifs is 1. The molecule has 7 heteroatoms. The first-order valence-electron chi connectivity index (χ1n) is 6.83. The highest BCUT2D eigenvalue weighted by Crippen LogP contribution is 2.32. The molecule has 5 nitrogen and oxygen atoms in total. The van der Waals surface area contributed by atoms with Gasteiger partial charge < -0.3 is 10.6 Å². The predicted molar refractivity (Wildman–Crippen MR) is 87.3 cm³/mol. The summed E-state index contributed by atoms with van der Waals surface area (Å²) in [6.45, 7) is 2.01. The van der Waals surface area contributed by atoms with Crippen molar-refractivity contribution < 1.29 is 4.79 Å². The lowest BCUT2D eigenvalue weighted by Gasteiger charge is -2.20. The average Bonchev–Trinajstić information content (AvgIpc) is 2.86. The molecular weight excluding hydrogens is 320 g/mol. The Morgan fingerprint density at radius 2 is 2.32 bits per heavy atom. The van der Waals surface area contributed by atoms with E-state index in [-0.39, 0.29) is 17.1 Å². The van der Waals surface area contributed by atoms with Crippen LogP contribution in [0, 0.1) is 11.3 Å². The van der Waals surface area contributed by atoms with Gasteiger partial charge in [-0.2, -0.15) is 9.64 Å². The number of carbonyl (C=O) groups excluding carboxylic acids is 1. The summed E-state index contributed by atoms with van der Waals surface area (Å²) in [5.41, 5.74) is 3.48. The number of carbonyl (C=O) groups is 1. The molecule has 22 heavy (non-hydrogen) atoms. The molecule has 1 amide bonds. The molecule has 0 fully saturated rings. The van der Waals surface area contributed by atoms with Crippen molar-refractivity contribution in [3.05, 3.63) is 40.0 Å². The fraction of sp³-hybridized carbons (Fsp3) is 0.267. The van der Waals surface area contributed by atoms with E-state index in [0.717, 1.165) is 23.2 Å². The van der Waals surface area contributed by atoms with Crippen LogP contribution in [-0.4, -0.2) is 10.3 Å². The molecule has 3 rings (SSSR count). The van der Waals surface area contributed by atoms with Gasteiger partial charge in [-0.05, 0) is 42.1 Å². The highest BCUT2D eigenvalue weighted by atomic mass is 35.5. The maximum atomic E-state index is 11.4. The normalized spacial score (nSPS) is 14.7. The van der Waals surface area contributed by atoms with Crippen molar-refractivity contribution in [2.75, 3.05) is 10.6 Å². The zero-order valence-electron chi connectivity index (χ0n) is 11.8. The van der Waals surface area contributed by atoms with Crippen LogP contribution in [0.2, 0.25) is 5.15 Å². The van der Waals surface area contributed by atoms with Gasteiger partial charge in [0.15, 0.2) is 5.15 Å². The highest BCUT2D eigenvalue weighted by molar-refractivity contribution is 7.10. The van der Waals surface area contributed by atoms with Gasteiger partial charge in [-0.1, -0.05) is 23.7 Å². The summed E-state index contributed by atoms with van der Waals surface area (Å²) in [5.74, 6) is 0.0596. The van der Waals surface area contributed by atoms with Crippen LogP contribution in [-0.2, 0) is 11.2 Å². The number of aromatic nitrogens is 1. The number of nitrogens with zero attached hydrogens (tertiary/aromatic N) is 2. The Hall–Kier alpha value is -2.10. The summed E-state index contributed by atoms with van der Waals surface area (Å²) in [5, 5.41) is 16.2. The molecule has 1 aromatic carbocycles. The van der Waals surface area contributed by atoms with Gasteiger partial charge in [0.05, 0.1) is 0 Å². The second-order valence-electron chi connectivity index (χ2n) is 5.12. The first-order chi connectivity index (χ1) is 10.6. The molecule has 1 aromatic heterocycles. The lowest BCUT2D eigenvalue weighted by molar-refractivity contribution is -0.116. The van der Waals surface area contributed by atoms with E-state index in [1.807, 2.05) is 19.1 Å². The van der Waals surface area contributed by atoms with Crippen molar-refractivity contribution in [2.45, 2.75) is 25.8 Å². The zero-order valence-corrected chi connectivity index (χ0v) is 13.4. The minimum absolute atomic E-state index is 0.00606. The summed E-state index contributed by atoms with van der Waals surface area (Å²) >= 11 is 7.06. The van der Waals surface area contributed by atoms with Crippen LogP contribution in [0.15, 0.2) is 18.2 Å². The Labute approximate surface area is 137 Å². The number of anilines is 2. The van der Waals surface area contributed by atoms with Crippen molar-refractivity contribution in [1.82, 2.24) is 4.37 Å². The van der Waals surface area contributed by atoms with Gasteiger partial charge in [0, 0.05) is 18.2 Å². The predicted octanol–water partition coefficient (Wildman–Crippen LogP) is 3.73. The second kappa shape index (κ2) is 5.95. The average molecular weight is 333 g/mol. The topological polar surface area (TPSA) is 77.8 Å². The lowest BCUT2D eigenvalue weighted by Crippen LogP contribution is -2.19. The molecule has 1 unspecified atom stereocenters. The van der Waals surface area contributed by atoms with Crippen LogP contribution in [0.4, 0.5) is 10.7 Å². The van der Waals surface area contributed by atoms with Crippen LogP contribution in [0.3, 0.4) is 0 Å². The number of nitriles is 1. The number of benzene rings is 1. The van der Waals surface area contributed by atoms with Gasteiger partial charge in [-0.25, -0.2) is 0 Å². The minimum Gasteiger partial charge on any atom is -0.368 e. The van der Waals surface area contributed by atoms with E-state index in [1.54, 1.807) is 0 Å². The molecule has 112 valence electrons. The number of aryl methyl sites for hydroxylation is 1. The first kappa shape index (κ1) is 14.8. The van der Waals surface area contributed by atoms with E-state index in [4.69, 9.17) is 16.9 Å². The van der Waals surface area contributed by atoms with Gasteiger partial charge >= 0.3 is 0 Å². The van der Waals surface area contributed by atoms with Crippen LogP contribution < -0.4 is 10.6 Å². The van der Waals surface area contributed by atoms with Crippen LogP contribution >= 0.6 is 23.1 Å². The van der Waals surface area contributed by atoms with Crippen LogP contribution in [0.1, 0.15) is 36.1 Å². The standard InChI is InChI=1S/C15H13ClN4OS/c1-8(18-15-11(7-17)14(16)20-22-15)9-2-4-12-10(6-9)3-5-13(21)19-12/h2,4,6,8,18H,3,5H2,1H3,(H,19,21). The molecule has 2 aromatic rings. The highest BCUT2D eigenvalue weighted by Gasteiger charge is 2.18. The first-order valence-corrected chi connectivity index (χ1v) is 7.98. The van der Waals surface area contributed by atoms with Crippen molar-refractivity contribution >= 4 is 39.7 Å². The molecular formula is C15H13ClN4OS. The third-order valence-electron chi connectivity index (χ3n) is 3.63. The Morgan fingerprint density at radius 3 is 3.09 bits per heavy atom. The molecule has 0 bridgehead atoms. The van der Waals surface area contributed by atoms with Crippen LogP contribution in [0.5, 0.6) is 0 Å². The Bertz CT molecular complexity index is 780. The monoisotopic (exact) mass is 332 g/mol. The summed E-state index contributed by atoms with van der Waals surface area (Å²) < 4.78 is 3.99. The fourth-order valence-corrected chi connectivity index (χ4v) is 3.44. The van der Waals surface area contributed by atoms with E-state index >= 15 is 0 Å². The van der Waals surface area contributed by atoms with Gasteiger partial charge in [-0.15, -0.1) is 0 Å². The van der Waals surface area contributed by atoms with Gasteiger partial charge in [-0.3, -0.25) is 4.79 Å². The summed E-state index contributed by atoms with van der Waals surface area (Å²) in [6.07, 6.45) is 1.26. The number of rotatable bonds is 3. The van der Waals surface area contributed by atoms with Crippen LogP contribution in [0.25, 0.3) is 0 Å². The van der Waals surface area contributed by atoms with Crippen molar-refractivity contribution in [3.8, 4) is 6.07 Å². The molecule has 1 aliphatic heterocycles. The fourth-order valence-electron chi connectivity index (χ4n) is 2.42. The molecule has 0 spiro atoms. The van der Waals surface area contributed by atoms with Gasteiger partial charge in [0.25, 0.3) is 0 Å². The Kier molecular flexibility index (Phi) is 4.01. The maximum absolute atomic E-state index is 11.4. The second-order valence-corrected chi connectivity index (χ2v) is 6.25. The van der Waals surface area contributed by atoms with Crippen molar-refractivity contribution in [1.29, 1.82) is 5.26 Å². The number of amides is 1. The molecule has 1 aliphatic rings. The van der Waals surface area contributed by atoms with Crippen molar-refractivity contribution in [3.63, 3.8) is 0 Å². The number of halogens is 1. The molecule has 0 saturated heterocycles. The molecule has 0 saturated carbocycles. The number of hydrogen-bond acceptors (Lipinski definition) is 5. The zero-order chi connectivity index (χ0) is 15.7. The summed E-state index contributed by atoms with van der Waals surface area (Å²) in [4.78, 5) is 11.4. The number of nitrogens with one attached hydrogen (secondary N) is 2. The minimum atomic E-state index is 0.00606. The summed E-state index contributed by atoms with van der Waals surface area (Å²) in [7, 11) is 0. The van der Waals surface area contributed by atoms with E-state index in [0.29, 0.717) is 17.0 Å². The van der Waals surface area contributed by atoms with E-state index in [1.165, 1.54) is 11.5 Å². The number of hydrogen-bond donors (Lipinski definition) is 2. The van der Waals surface area contributed by atoms with Crippen molar-refractivity contribution in [2.24, 2.45) is 0 Å². The van der Waals surface area contributed by atoms with E-state index < -0.39 is 0 Å². The molecule has 0 aliphatic carbocycles. The van der Waals surface area contributed by atoms with E-state index in [9.17, 15) is 4.79 Å². The molecule has 0 radical (unpaired) electrons. The molecule has 2 N–H and O–H groups in total. The largest absolute Gasteiger partial charge is 0.368 e. The maximum Gasteiger partial charge on any atom is 0.224 e. The summed E-state index contributed by atoms with van der Waals surface area (Å²) in [6, 6.07) is 8.04. The molecule has 2 heterocycles. The molecule has 1 atom stereocenters. The van der Waals surface area contributed by atoms with Gasteiger partial charge in [0.2, 0.25) is 5.91 Å². The third-order valence-corrected chi connectivity index (χ3v) is 4.79.